The lowest BCUT2D eigenvalue weighted by Crippen LogP contribution is -2.25. The number of nitrogens with one attached hydrogen (secondary N) is 1. The fourth-order valence-corrected chi connectivity index (χ4v) is 1.03. The number of hydrogen-bond acceptors (Lipinski definition) is 4. The Morgan fingerprint density at radius 2 is 2.50 bits per heavy atom. The van der Waals surface area contributed by atoms with Gasteiger partial charge in [0.2, 0.25) is 0 Å². The molecule has 0 radical (unpaired) electrons. The van der Waals surface area contributed by atoms with Gasteiger partial charge < -0.3 is 15.6 Å². The molecule has 0 fully saturated rings. The molecule has 76 valence electrons. The third-order valence-electron chi connectivity index (χ3n) is 1.56. The van der Waals surface area contributed by atoms with Crippen LogP contribution in [0.2, 0.25) is 0 Å². The first kappa shape index (κ1) is 10.6. The van der Waals surface area contributed by atoms with Crippen LogP contribution in [0, 0.1) is 0 Å². The molecule has 3 N–H and O–H groups in total. The van der Waals surface area contributed by atoms with Crippen molar-refractivity contribution < 1.29 is 9.32 Å². The van der Waals surface area contributed by atoms with E-state index in [1.165, 1.54) is 12.3 Å². The third kappa shape index (κ3) is 3.53. The van der Waals surface area contributed by atoms with E-state index < -0.39 is 0 Å². The summed E-state index contributed by atoms with van der Waals surface area (Å²) in [5.74, 6) is -0.248. The highest BCUT2D eigenvalue weighted by atomic mass is 32.1. The van der Waals surface area contributed by atoms with Gasteiger partial charge in [0.05, 0.1) is 4.99 Å². The van der Waals surface area contributed by atoms with E-state index in [2.05, 4.69) is 15.0 Å². The molecule has 0 aromatic carbocycles. The molecule has 0 saturated carbocycles. The number of nitrogens with zero attached hydrogens (tertiary/aromatic N) is 1. The zero-order valence-electron chi connectivity index (χ0n) is 7.53. The molecule has 6 heteroatoms. The molecule has 0 atom stereocenters. The van der Waals surface area contributed by atoms with Crippen molar-refractivity contribution in [3.05, 3.63) is 18.0 Å². The summed E-state index contributed by atoms with van der Waals surface area (Å²) in [5.41, 5.74) is 5.57. The van der Waals surface area contributed by atoms with Crippen molar-refractivity contribution in [2.45, 2.75) is 12.8 Å². The number of aromatic nitrogens is 1. The van der Waals surface area contributed by atoms with Gasteiger partial charge >= 0.3 is 0 Å². The zero-order valence-corrected chi connectivity index (χ0v) is 8.34. The van der Waals surface area contributed by atoms with Crippen LogP contribution in [0.4, 0.5) is 0 Å². The first-order valence-corrected chi connectivity index (χ1v) is 4.58. The van der Waals surface area contributed by atoms with Crippen molar-refractivity contribution in [1.82, 2.24) is 10.5 Å². The van der Waals surface area contributed by atoms with Gasteiger partial charge in [-0.15, -0.1) is 0 Å². The van der Waals surface area contributed by atoms with Crippen LogP contribution < -0.4 is 11.1 Å². The molecule has 0 bridgehead atoms. The molecule has 0 aliphatic rings. The normalized spacial score (nSPS) is 9.71. The van der Waals surface area contributed by atoms with Gasteiger partial charge in [-0.05, 0) is 12.8 Å². The monoisotopic (exact) mass is 213 g/mol. The first-order valence-electron chi connectivity index (χ1n) is 4.17. The maximum absolute atomic E-state index is 11.3. The summed E-state index contributed by atoms with van der Waals surface area (Å²) >= 11 is 4.69. The Kier molecular flexibility index (Phi) is 4.06. The van der Waals surface area contributed by atoms with Gasteiger partial charge in [0.15, 0.2) is 5.69 Å². The number of carbonyl (C=O) groups excluding carboxylic acids is 1. The smallest absolute Gasteiger partial charge is 0.273 e. The minimum Gasteiger partial charge on any atom is -0.393 e. The van der Waals surface area contributed by atoms with Crippen molar-refractivity contribution >= 4 is 23.1 Å². The average Bonchev–Trinajstić information content (AvgIpc) is 2.64. The van der Waals surface area contributed by atoms with Gasteiger partial charge in [0.25, 0.3) is 5.91 Å². The Morgan fingerprint density at radius 1 is 1.71 bits per heavy atom. The lowest BCUT2D eigenvalue weighted by atomic mass is 10.3. The SMILES string of the molecule is NC(=S)CCCNC(=O)c1ccon1. The summed E-state index contributed by atoms with van der Waals surface area (Å²) in [7, 11) is 0. The van der Waals surface area contributed by atoms with E-state index in [4.69, 9.17) is 18.0 Å². The fraction of sp³-hybridized carbons (Fsp3) is 0.375. The third-order valence-corrected chi connectivity index (χ3v) is 1.76. The predicted octanol–water partition coefficient (Wildman–Crippen LogP) is 0.471. The van der Waals surface area contributed by atoms with Gasteiger partial charge in [-0.25, -0.2) is 0 Å². The van der Waals surface area contributed by atoms with Crippen molar-refractivity contribution in [3.63, 3.8) is 0 Å². The lowest BCUT2D eigenvalue weighted by Gasteiger charge is -2.01. The van der Waals surface area contributed by atoms with E-state index >= 15 is 0 Å². The zero-order chi connectivity index (χ0) is 10.4. The summed E-state index contributed by atoms with van der Waals surface area (Å²) in [6.07, 6.45) is 2.72. The van der Waals surface area contributed by atoms with Crippen molar-refractivity contribution in [1.29, 1.82) is 0 Å². The van der Waals surface area contributed by atoms with Crippen LogP contribution in [-0.2, 0) is 0 Å². The second-order valence-corrected chi connectivity index (χ2v) is 3.23. The molecule has 1 amide bonds. The Hall–Kier alpha value is -1.43. The highest BCUT2D eigenvalue weighted by molar-refractivity contribution is 7.80. The van der Waals surface area contributed by atoms with E-state index in [-0.39, 0.29) is 11.6 Å². The quantitative estimate of drug-likeness (QED) is 0.549. The van der Waals surface area contributed by atoms with Gasteiger partial charge in [0, 0.05) is 12.6 Å². The van der Waals surface area contributed by atoms with Gasteiger partial charge in [0.1, 0.15) is 6.26 Å². The van der Waals surface area contributed by atoms with Gasteiger partial charge in [-0.2, -0.15) is 0 Å². The van der Waals surface area contributed by atoms with E-state index in [1.807, 2.05) is 0 Å². The van der Waals surface area contributed by atoms with Crippen LogP contribution in [0.15, 0.2) is 16.9 Å². The van der Waals surface area contributed by atoms with Crippen LogP contribution in [0.1, 0.15) is 23.3 Å². The molecule has 5 nitrogen and oxygen atoms in total. The summed E-state index contributed by atoms with van der Waals surface area (Å²) in [6.45, 7) is 0.531. The maximum atomic E-state index is 11.3. The van der Waals surface area contributed by atoms with E-state index in [9.17, 15) is 4.79 Å². The highest BCUT2D eigenvalue weighted by Gasteiger charge is 2.06. The number of nitrogens with two attached hydrogens (primary N) is 1. The predicted molar refractivity (Wildman–Crippen MR) is 54.9 cm³/mol. The van der Waals surface area contributed by atoms with Crippen LogP contribution in [0.5, 0.6) is 0 Å². The number of carbonyl (C=O) groups is 1. The second kappa shape index (κ2) is 5.33. The Morgan fingerprint density at radius 3 is 3.07 bits per heavy atom. The van der Waals surface area contributed by atoms with Gasteiger partial charge in [-0.3, -0.25) is 4.79 Å². The Labute approximate surface area is 86.6 Å². The summed E-state index contributed by atoms with van der Waals surface area (Å²) in [6, 6.07) is 1.50. The summed E-state index contributed by atoms with van der Waals surface area (Å²) in [5, 5.41) is 6.16. The molecule has 0 aliphatic carbocycles. The van der Waals surface area contributed by atoms with Crippen LogP contribution in [0.3, 0.4) is 0 Å². The Bertz CT molecular complexity index is 310. The van der Waals surface area contributed by atoms with Crippen LogP contribution in [-0.4, -0.2) is 22.6 Å². The molecule has 14 heavy (non-hydrogen) atoms. The van der Waals surface area contributed by atoms with E-state index in [0.29, 0.717) is 18.0 Å². The topological polar surface area (TPSA) is 81.1 Å². The first-order chi connectivity index (χ1) is 6.70. The number of rotatable bonds is 5. The number of amides is 1. The van der Waals surface area contributed by atoms with Crippen molar-refractivity contribution in [2.75, 3.05) is 6.54 Å². The van der Waals surface area contributed by atoms with Crippen LogP contribution in [0.25, 0.3) is 0 Å². The molecule has 1 aromatic heterocycles. The molecule has 1 heterocycles. The fourth-order valence-electron chi connectivity index (χ4n) is 0.885. The molecule has 0 unspecified atom stereocenters. The number of thiocarbonyl (C=S) groups is 1. The molecular weight excluding hydrogens is 202 g/mol. The highest BCUT2D eigenvalue weighted by Crippen LogP contribution is 1.94. The van der Waals surface area contributed by atoms with Crippen molar-refractivity contribution in [2.24, 2.45) is 5.73 Å². The Balaban J connectivity index is 2.19. The maximum Gasteiger partial charge on any atom is 0.273 e. The minimum atomic E-state index is -0.248. The summed E-state index contributed by atoms with van der Waals surface area (Å²) in [4.78, 5) is 11.7. The number of hydrogen-bond donors (Lipinski definition) is 2. The molecule has 1 aromatic rings. The minimum absolute atomic E-state index is 0.248. The van der Waals surface area contributed by atoms with E-state index in [1.54, 1.807) is 0 Å². The molecular formula is C8H11N3O2S. The molecule has 0 aliphatic heterocycles. The van der Waals surface area contributed by atoms with E-state index in [0.717, 1.165) is 6.42 Å². The molecule has 1 rings (SSSR count). The second-order valence-electron chi connectivity index (χ2n) is 2.71. The lowest BCUT2D eigenvalue weighted by molar-refractivity contribution is 0.0944. The molecule has 0 spiro atoms. The van der Waals surface area contributed by atoms with Crippen molar-refractivity contribution in [3.8, 4) is 0 Å². The average molecular weight is 213 g/mol. The van der Waals surface area contributed by atoms with Crippen LogP contribution >= 0.6 is 12.2 Å². The van der Waals surface area contributed by atoms with Gasteiger partial charge in [-0.1, -0.05) is 17.4 Å². The largest absolute Gasteiger partial charge is 0.393 e. The summed E-state index contributed by atoms with van der Waals surface area (Å²) < 4.78 is 4.53. The molecule has 0 saturated heterocycles. The standard InChI is InChI=1S/C8H11N3O2S/c9-7(14)2-1-4-10-8(12)6-3-5-13-11-6/h3,5H,1-2,4H2,(H2,9,14)(H,10,12).